The molecule has 0 bridgehead atoms. The molecule has 3 rings (SSSR count). The van der Waals surface area contributed by atoms with E-state index in [9.17, 15) is 19.5 Å². The second-order valence-corrected chi connectivity index (χ2v) is 13.6. The maximum absolute atomic E-state index is 14.8. The molecule has 47 heavy (non-hydrogen) atoms. The molecule has 0 radical (unpaired) electrons. The molecule has 0 saturated carbocycles. The molecule has 0 spiro atoms. The van der Waals surface area contributed by atoms with Crippen LogP contribution >= 0.6 is 11.6 Å². The normalized spacial score (nSPS) is 12.6. The fourth-order valence-electron chi connectivity index (χ4n) is 5.46. The summed E-state index contributed by atoms with van der Waals surface area (Å²) in [6.07, 6.45) is 4.08. The van der Waals surface area contributed by atoms with Crippen LogP contribution < -0.4 is 10.6 Å². The van der Waals surface area contributed by atoms with Gasteiger partial charge >= 0.3 is 6.09 Å². The first-order valence-electron chi connectivity index (χ1n) is 16.4. The van der Waals surface area contributed by atoms with Crippen molar-refractivity contribution in [3.8, 4) is 5.75 Å². The van der Waals surface area contributed by atoms with E-state index in [-0.39, 0.29) is 18.7 Å². The van der Waals surface area contributed by atoms with Crippen molar-refractivity contribution in [2.24, 2.45) is 0 Å². The topological polar surface area (TPSA) is 108 Å². The lowest BCUT2D eigenvalue weighted by Gasteiger charge is -2.35. The smallest absolute Gasteiger partial charge is 0.408 e. The van der Waals surface area contributed by atoms with Gasteiger partial charge in [-0.05, 0) is 88.4 Å². The number of alkyl carbamates (subject to hydrolysis) is 1. The number of unbranched alkanes of at least 4 members (excludes halogenated alkanes) is 4. The zero-order valence-corrected chi connectivity index (χ0v) is 29.5. The third-order valence-corrected chi connectivity index (χ3v) is 8.23. The van der Waals surface area contributed by atoms with Crippen molar-refractivity contribution in [2.75, 3.05) is 11.9 Å². The average molecular weight is 664 g/mol. The first kappa shape index (κ1) is 37.4. The molecule has 3 N–H and O–H groups in total. The van der Waals surface area contributed by atoms with Crippen molar-refractivity contribution in [3.63, 3.8) is 0 Å². The second kappa shape index (κ2) is 17.2. The molecule has 9 heteroatoms. The first-order valence-corrected chi connectivity index (χ1v) is 16.8. The fourth-order valence-corrected chi connectivity index (χ4v) is 5.73. The zero-order valence-electron chi connectivity index (χ0n) is 28.8. The van der Waals surface area contributed by atoms with Crippen LogP contribution in [0.1, 0.15) is 93.7 Å². The summed E-state index contributed by atoms with van der Waals surface area (Å²) in [6, 6.07) is 15.7. The SMILES string of the molecule is CCCCCCCN(C(=O)C(Cc1ccc(O)cc1)NC(=O)OC(C)(C)C)C(C(=O)Nc1c(C)cccc1Cl)c1cc(C)ccc1C. The monoisotopic (exact) mass is 663 g/mol. The molecule has 2 unspecified atom stereocenters. The standard InChI is InChI=1S/C38H50ClN3O5/c1-8-9-10-11-12-22-42(36(45)32(40-37(46)47-38(5,6)7)24-28-18-20-29(43)21-19-28)34(30-23-25(2)16-17-26(30)3)35(44)41-33-27(4)14-13-15-31(33)39/h13-21,23,32,34,43H,8-12,22,24H2,1-7H3,(H,40,46)(H,41,44). The summed E-state index contributed by atoms with van der Waals surface area (Å²) >= 11 is 6.54. The molecule has 254 valence electrons. The van der Waals surface area contributed by atoms with E-state index in [1.165, 1.54) is 12.1 Å². The van der Waals surface area contributed by atoms with Crippen molar-refractivity contribution < 1.29 is 24.2 Å². The third kappa shape index (κ3) is 11.3. The highest BCUT2D eigenvalue weighted by Gasteiger charge is 2.37. The van der Waals surface area contributed by atoms with E-state index in [1.54, 1.807) is 43.9 Å². The minimum atomic E-state index is -1.06. The molecule has 0 aliphatic rings. The Balaban J connectivity index is 2.14. The van der Waals surface area contributed by atoms with Crippen molar-refractivity contribution in [3.05, 3.63) is 93.5 Å². The number of halogens is 1. The summed E-state index contributed by atoms with van der Waals surface area (Å²) in [5.74, 6) is -0.735. The minimum absolute atomic E-state index is 0.0898. The van der Waals surface area contributed by atoms with Gasteiger partial charge < -0.3 is 25.4 Å². The van der Waals surface area contributed by atoms with Gasteiger partial charge in [0.15, 0.2) is 0 Å². The number of hydrogen-bond acceptors (Lipinski definition) is 5. The van der Waals surface area contributed by atoms with E-state index >= 15 is 0 Å². The van der Waals surface area contributed by atoms with Crippen LogP contribution in [0.25, 0.3) is 0 Å². The number of carbonyl (C=O) groups is 3. The molecule has 0 fully saturated rings. The number of nitrogens with zero attached hydrogens (tertiary/aromatic N) is 1. The first-order chi connectivity index (χ1) is 22.2. The molecule has 3 aromatic carbocycles. The number of rotatable bonds is 14. The quantitative estimate of drug-likeness (QED) is 0.150. The Labute approximate surface area is 284 Å². The Hall–Kier alpha value is -4.04. The number of benzene rings is 3. The van der Waals surface area contributed by atoms with Gasteiger partial charge in [-0.25, -0.2) is 4.79 Å². The summed E-state index contributed by atoms with van der Waals surface area (Å²) in [4.78, 5) is 44.0. The van der Waals surface area contributed by atoms with E-state index in [0.29, 0.717) is 22.7 Å². The van der Waals surface area contributed by atoms with Gasteiger partial charge in [-0.1, -0.05) is 92.2 Å². The number of hydrogen-bond donors (Lipinski definition) is 3. The van der Waals surface area contributed by atoms with E-state index < -0.39 is 35.6 Å². The number of ether oxygens (including phenoxy) is 1. The van der Waals surface area contributed by atoms with Gasteiger partial charge in [-0.2, -0.15) is 0 Å². The van der Waals surface area contributed by atoms with Crippen LogP contribution in [-0.4, -0.2) is 46.1 Å². The molecule has 3 amide bonds. The van der Waals surface area contributed by atoms with Crippen molar-refractivity contribution in [1.82, 2.24) is 10.2 Å². The lowest BCUT2D eigenvalue weighted by molar-refractivity contribution is -0.140. The van der Waals surface area contributed by atoms with E-state index in [2.05, 4.69) is 17.6 Å². The average Bonchev–Trinajstić information content (AvgIpc) is 2.99. The molecule has 0 heterocycles. The van der Waals surface area contributed by atoms with E-state index in [4.69, 9.17) is 16.3 Å². The summed E-state index contributed by atoms with van der Waals surface area (Å²) in [6.45, 7) is 13.4. The van der Waals surface area contributed by atoms with Gasteiger partial charge in [0, 0.05) is 13.0 Å². The molecule has 0 saturated heterocycles. The number of para-hydroxylation sites is 1. The van der Waals surface area contributed by atoms with Gasteiger partial charge in [-0.3, -0.25) is 9.59 Å². The Kier molecular flexibility index (Phi) is 13.7. The highest BCUT2D eigenvalue weighted by Crippen LogP contribution is 2.32. The van der Waals surface area contributed by atoms with Crippen molar-refractivity contribution in [2.45, 2.75) is 105 Å². The van der Waals surface area contributed by atoms with Gasteiger partial charge in [0.05, 0.1) is 10.7 Å². The number of phenolic OH excluding ortho intramolecular Hbond substituents is 1. The number of phenols is 1. The Morgan fingerprint density at radius 3 is 2.23 bits per heavy atom. The van der Waals surface area contributed by atoms with Gasteiger partial charge in [-0.15, -0.1) is 0 Å². The summed E-state index contributed by atoms with van der Waals surface area (Å²) in [5, 5.41) is 16.1. The maximum Gasteiger partial charge on any atom is 0.408 e. The van der Waals surface area contributed by atoms with Crippen LogP contribution in [0.15, 0.2) is 60.7 Å². The van der Waals surface area contributed by atoms with Crippen molar-refractivity contribution in [1.29, 1.82) is 0 Å². The molecular formula is C38H50ClN3O5. The molecule has 2 atom stereocenters. The number of carbonyl (C=O) groups excluding carboxylic acids is 3. The van der Waals surface area contributed by atoms with Gasteiger partial charge in [0.25, 0.3) is 5.91 Å². The molecule has 0 aromatic heterocycles. The Morgan fingerprint density at radius 2 is 1.60 bits per heavy atom. The highest BCUT2D eigenvalue weighted by molar-refractivity contribution is 6.34. The largest absolute Gasteiger partial charge is 0.508 e. The van der Waals surface area contributed by atoms with E-state index in [1.807, 2.05) is 51.1 Å². The molecular weight excluding hydrogens is 614 g/mol. The third-order valence-electron chi connectivity index (χ3n) is 7.91. The molecule has 3 aromatic rings. The number of amides is 3. The number of aromatic hydroxyl groups is 1. The van der Waals surface area contributed by atoms with Gasteiger partial charge in [0.1, 0.15) is 23.4 Å². The Bertz CT molecular complexity index is 1500. The number of aryl methyl sites for hydroxylation is 3. The minimum Gasteiger partial charge on any atom is -0.508 e. The van der Waals surface area contributed by atoms with E-state index in [0.717, 1.165) is 47.9 Å². The van der Waals surface area contributed by atoms with Crippen molar-refractivity contribution >= 4 is 35.2 Å². The van der Waals surface area contributed by atoms with Crippen LogP contribution in [0.5, 0.6) is 5.75 Å². The molecule has 8 nitrogen and oxygen atoms in total. The van der Waals surface area contributed by atoms with Crippen LogP contribution in [0, 0.1) is 20.8 Å². The zero-order chi connectivity index (χ0) is 34.7. The maximum atomic E-state index is 14.8. The number of anilines is 1. The van der Waals surface area contributed by atoms with Crippen LogP contribution in [0.4, 0.5) is 10.5 Å². The van der Waals surface area contributed by atoms with Crippen LogP contribution in [0.2, 0.25) is 5.02 Å². The summed E-state index contributed by atoms with van der Waals surface area (Å²) < 4.78 is 5.56. The Morgan fingerprint density at radius 1 is 0.915 bits per heavy atom. The van der Waals surface area contributed by atoms with Gasteiger partial charge in [0.2, 0.25) is 5.91 Å². The lowest BCUT2D eigenvalue weighted by atomic mass is 9.95. The summed E-state index contributed by atoms with van der Waals surface area (Å²) in [7, 11) is 0. The number of nitrogens with one attached hydrogen (secondary N) is 2. The highest BCUT2D eigenvalue weighted by atomic mass is 35.5. The lowest BCUT2D eigenvalue weighted by Crippen LogP contribution is -2.53. The predicted octanol–water partition coefficient (Wildman–Crippen LogP) is 8.59. The predicted molar refractivity (Wildman–Crippen MR) is 189 cm³/mol. The summed E-state index contributed by atoms with van der Waals surface area (Å²) in [5.41, 5.74) is 3.69. The molecule has 0 aliphatic heterocycles. The van der Waals surface area contributed by atoms with Crippen LogP contribution in [-0.2, 0) is 20.7 Å². The second-order valence-electron chi connectivity index (χ2n) is 13.2. The molecule has 0 aliphatic carbocycles. The fraction of sp³-hybridized carbons (Fsp3) is 0.447. The van der Waals surface area contributed by atoms with Crippen LogP contribution in [0.3, 0.4) is 0 Å².